The fourth-order valence-corrected chi connectivity index (χ4v) is 5.94. The van der Waals surface area contributed by atoms with Crippen LogP contribution >= 0.6 is 55.1 Å². The minimum Gasteiger partial charge on any atom is -0.292 e. The zero-order chi connectivity index (χ0) is 24.7. The first-order chi connectivity index (χ1) is 16.1. The summed E-state index contributed by atoms with van der Waals surface area (Å²) in [6.45, 7) is -0.615. The van der Waals surface area contributed by atoms with Gasteiger partial charge in [0.1, 0.15) is 12.4 Å². The Morgan fingerprint density at radius 1 is 0.971 bits per heavy atom. The monoisotopic (exact) mass is 632 g/mol. The predicted molar refractivity (Wildman–Crippen MR) is 132 cm³/mol. The molecule has 1 heterocycles. The molecule has 1 saturated heterocycles. The number of rotatable bonds is 5. The molecule has 0 unspecified atom stereocenters. The Morgan fingerprint density at radius 3 is 2.06 bits per heavy atom. The maximum atomic E-state index is 13.5. The second kappa shape index (κ2) is 10.0. The van der Waals surface area contributed by atoms with Gasteiger partial charge in [0.15, 0.2) is 5.78 Å². The van der Waals surface area contributed by atoms with Gasteiger partial charge in [-0.15, -0.1) is 0 Å². The van der Waals surface area contributed by atoms with Crippen molar-refractivity contribution in [3.63, 3.8) is 0 Å². The minimum absolute atomic E-state index is 0.00860. The first kappa shape index (κ1) is 25.3. The molecule has 11 heteroatoms. The molecule has 2 aliphatic rings. The summed E-state index contributed by atoms with van der Waals surface area (Å²) in [6, 6.07) is 8.93. The van der Waals surface area contributed by atoms with E-state index in [2.05, 4.69) is 31.9 Å². The number of fused-ring (bicyclic) bond motifs is 1. The minimum atomic E-state index is -0.803. The van der Waals surface area contributed by atoms with Crippen molar-refractivity contribution >= 4 is 78.6 Å². The van der Waals surface area contributed by atoms with Crippen LogP contribution in [0.2, 0.25) is 10.0 Å². The highest BCUT2D eigenvalue weighted by Gasteiger charge is 2.54. The average molecular weight is 635 g/mol. The van der Waals surface area contributed by atoms with E-state index in [-0.39, 0.29) is 25.8 Å². The highest BCUT2D eigenvalue weighted by Crippen LogP contribution is 2.43. The summed E-state index contributed by atoms with van der Waals surface area (Å²) in [6.07, 6.45) is 0.800. The third-order valence-electron chi connectivity index (χ3n) is 5.99. The molecule has 0 spiro atoms. The van der Waals surface area contributed by atoms with Crippen molar-refractivity contribution in [2.24, 2.45) is 11.8 Å². The molecule has 1 aliphatic heterocycles. The summed E-state index contributed by atoms with van der Waals surface area (Å²) in [7, 11) is 0. The molecule has 2 aromatic rings. The molecule has 3 amide bonds. The zero-order valence-electron chi connectivity index (χ0n) is 17.4. The number of hydrogen-bond donors (Lipinski definition) is 0. The number of halogens is 5. The third kappa shape index (κ3) is 4.80. The van der Waals surface area contributed by atoms with Crippen molar-refractivity contribution in [3.05, 3.63) is 69.5 Å². The molecule has 6 nitrogen and oxygen atoms in total. The van der Waals surface area contributed by atoms with E-state index >= 15 is 0 Å². The molecule has 2 aromatic carbocycles. The van der Waals surface area contributed by atoms with Gasteiger partial charge in [-0.3, -0.25) is 19.2 Å². The van der Waals surface area contributed by atoms with Gasteiger partial charge in [0, 0.05) is 20.2 Å². The number of Topliss-reactive ketones (excluding diaryl/α,β-unsaturated/α-hetero) is 1. The number of nitrogens with zero attached hydrogens (tertiary/aromatic N) is 2. The Morgan fingerprint density at radius 2 is 1.53 bits per heavy atom. The second-order valence-electron chi connectivity index (χ2n) is 8.12. The third-order valence-corrected chi connectivity index (χ3v) is 9.27. The maximum Gasteiger partial charge on any atom is 0.274 e. The molecule has 0 N–H and O–H groups in total. The molecular formula is C23H17Br2Cl2FN2O4. The summed E-state index contributed by atoms with van der Waals surface area (Å²) >= 11 is 19.2. The molecule has 4 atom stereocenters. The van der Waals surface area contributed by atoms with Gasteiger partial charge in [0.25, 0.3) is 17.7 Å². The van der Waals surface area contributed by atoms with Crippen LogP contribution in [-0.4, -0.2) is 49.7 Å². The van der Waals surface area contributed by atoms with Gasteiger partial charge in [-0.25, -0.2) is 9.40 Å². The average Bonchev–Trinajstić information content (AvgIpc) is 3.02. The quantitative estimate of drug-likeness (QED) is 0.254. The van der Waals surface area contributed by atoms with Crippen molar-refractivity contribution in [2.45, 2.75) is 22.5 Å². The Balaban J connectivity index is 1.72. The van der Waals surface area contributed by atoms with Crippen LogP contribution in [0.1, 0.15) is 33.6 Å². The van der Waals surface area contributed by atoms with Crippen LogP contribution in [-0.2, 0) is 9.59 Å². The van der Waals surface area contributed by atoms with Crippen molar-refractivity contribution in [1.29, 1.82) is 0 Å². The number of imide groups is 1. The first-order valence-corrected chi connectivity index (χ1v) is 12.9. The van der Waals surface area contributed by atoms with Crippen LogP contribution in [0.25, 0.3) is 0 Å². The molecule has 178 valence electrons. The summed E-state index contributed by atoms with van der Waals surface area (Å²) in [5.74, 6) is -4.26. The van der Waals surface area contributed by atoms with E-state index in [4.69, 9.17) is 23.2 Å². The first-order valence-electron chi connectivity index (χ1n) is 10.3. The number of alkyl halides is 2. The molecule has 4 rings (SSSR count). The van der Waals surface area contributed by atoms with Gasteiger partial charge in [0.2, 0.25) is 0 Å². The van der Waals surface area contributed by atoms with Crippen molar-refractivity contribution in [1.82, 2.24) is 10.0 Å². The smallest absolute Gasteiger partial charge is 0.274 e. The molecule has 1 aliphatic carbocycles. The molecule has 0 aromatic heterocycles. The molecular weight excluding hydrogens is 618 g/mol. The van der Waals surface area contributed by atoms with Crippen LogP contribution in [0.3, 0.4) is 0 Å². The number of hydrazine groups is 1. The predicted octanol–water partition coefficient (Wildman–Crippen LogP) is 5.29. The van der Waals surface area contributed by atoms with E-state index in [0.717, 1.165) is 22.2 Å². The Labute approximate surface area is 221 Å². The lowest BCUT2D eigenvalue weighted by atomic mass is 9.81. The van der Waals surface area contributed by atoms with Crippen LogP contribution in [0, 0.1) is 17.7 Å². The normalized spacial score (nSPS) is 24.2. The molecule has 0 radical (unpaired) electrons. The van der Waals surface area contributed by atoms with Crippen molar-refractivity contribution in [2.75, 3.05) is 6.54 Å². The molecule has 1 saturated carbocycles. The van der Waals surface area contributed by atoms with E-state index in [9.17, 15) is 23.6 Å². The lowest BCUT2D eigenvalue weighted by Gasteiger charge is -2.30. The van der Waals surface area contributed by atoms with Crippen molar-refractivity contribution < 1.29 is 23.6 Å². The molecule has 2 fully saturated rings. The number of carbonyl (C=O) groups excluding carboxylic acids is 4. The van der Waals surface area contributed by atoms with Crippen LogP contribution in [0.5, 0.6) is 0 Å². The number of ketones is 1. The Bertz CT molecular complexity index is 1150. The largest absolute Gasteiger partial charge is 0.292 e. The van der Waals surface area contributed by atoms with Gasteiger partial charge in [-0.1, -0.05) is 55.1 Å². The van der Waals surface area contributed by atoms with E-state index in [1.165, 1.54) is 30.3 Å². The van der Waals surface area contributed by atoms with Crippen molar-refractivity contribution in [3.8, 4) is 0 Å². The van der Waals surface area contributed by atoms with Crippen LogP contribution in [0.4, 0.5) is 4.39 Å². The van der Waals surface area contributed by atoms with Gasteiger partial charge in [-0.05, 0) is 55.3 Å². The summed E-state index contributed by atoms with van der Waals surface area (Å²) in [4.78, 5) is 53.2. The molecule has 0 bridgehead atoms. The highest BCUT2D eigenvalue weighted by molar-refractivity contribution is 9.12. The second-order valence-corrected chi connectivity index (χ2v) is 11.3. The standard InChI is InChI=1S/C23H17Br2Cl2FN2O4/c24-17-8-15-16(9-18(17)25)23(34)30(22(15)33)29(10-20(31)11-1-4-13(28)5-2-11)21(32)14-6-3-12(26)7-19(14)27/h1-7,15-18H,8-10H2/t15-,16-,17-,18+/m1/s1. The van der Waals surface area contributed by atoms with Gasteiger partial charge >= 0.3 is 0 Å². The van der Waals surface area contributed by atoms with Gasteiger partial charge < -0.3 is 0 Å². The fourth-order valence-electron chi connectivity index (χ4n) is 4.21. The SMILES string of the molecule is O=C(CN(C(=O)c1ccc(Cl)cc1Cl)N1C(=O)[C@@H]2C[C@@H](Br)[C@@H](Br)C[C@H]2C1=O)c1ccc(F)cc1. The van der Waals surface area contributed by atoms with Crippen LogP contribution < -0.4 is 0 Å². The van der Waals surface area contributed by atoms with E-state index in [1.54, 1.807) is 0 Å². The lowest BCUT2D eigenvalue weighted by Crippen LogP contribution is -2.52. The summed E-state index contributed by atoms with van der Waals surface area (Å²) in [5, 5.41) is 1.90. The Kier molecular flexibility index (Phi) is 7.47. The summed E-state index contributed by atoms with van der Waals surface area (Å²) in [5.41, 5.74) is 0.101. The van der Waals surface area contributed by atoms with E-state index < -0.39 is 47.7 Å². The van der Waals surface area contributed by atoms with Gasteiger partial charge in [-0.2, -0.15) is 5.01 Å². The zero-order valence-corrected chi connectivity index (χ0v) is 22.1. The number of amides is 3. The number of carbonyl (C=O) groups is 4. The fraction of sp³-hybridized carbons (Fsp3) is 0.304. The van der Waals surface area contributed by atoms with E-state index in [0.29, 0.717) is 17.9 Å². The number of hydrogen-bond acceptors (Lipinski definition) is 4. The van der Waals surface area contributed by atoms with E-state index in [1.807, 2.05) is 0 Å². The van der Waals surface area contributed by atoms with Gasteiger partial charge in [0.05, 0.1) is 22.4 Å². The summed E-state index contributed by atoms with van der Waals surface area (Å²) < 4.78 is 13.3. The number of benzene rings is 2. The van der Waals surface area contributed by atoms with Crippen LogP contribution in [0.15, 0.2) is 42.5 Å². The Hall–Kier alpha value is -1.81. The lowest BCUT2D eigenvalue weighted by molar-refractivity contribution is -0.154. The maximum absolute atomic E-state index is 13.5. The highest BCUT2D eigenvalue weighted by atomic mass is 79.9. The topological polar surface area (TPSA) is 74.8 Å². The molecule has 34 heavy (non-hydrogen) atoms.